The number of hydrogen-bond donors (Lipinski definition) is 2. The van der Waals surface area contributed by atoms with E-state index in [0.29, 0.717) is 0 Å². The monoisotopic (exact) mass is 286 g/mol. The minimum absolute atomic E-state index is 0.164. The second kappa shape index (κ2) is 7.01. The fourth-order valence-electron chi connectivity index (χ4n) is 2.03. The van der Waals surface area contributed by atoms with Gasteiger partial charge in [-0.1, -0.05) is 59.3 Å². The number of aryl methyl sites for hydroxylation is 1. The summed E-state index contributed by atoms with van der Waals surface area (Å²) in [6.07, 6.45) is 0. The topological polar surface area (TPSA) is 58.6 Å². The summed E-state index contributed by atoms with van der Waals surface area (Å²) in [4.78, 5) is 0. The highest BCUT2D eigenvalue weighted by atomic mass is 32.2. The van der Waals surface area contributed by atoms with Crippen LogP contribution in [0.3, 0.4) is 0 Å². The Hall–Kier alpha value is -1.94. The van der Waals surface area contributed by atoms with Crippen molar-refractivity contribution in [3.8, 4) is 0 Å². The Morgan fingerprint density at radius 3 is 2.70 bits per heavy atom. The molecule has 4 heteroatoms. The van der Waals surface area contributed by atoms with Gasteiger partial charge in [0.15, 0.2) is 5.84 Å². The van der Waals surface area contributed by atoms with Crippen LogP contribution in [0.4, 0.5) is 0 Å². The lowest BCUT2D eigenvalue weighted by Crippen LogP contribution is -2.15. The molecule has 0 spiro atoms. The minimum Gasteiger partial charge on any atom is -0.409 e. The number of nitrogens with zero attached hydrogens (tertiary/aromatic N) is 1. The molecule has 3 N–H and O–H groups in total. The fraction of sp³-hybridized carbons (Fsp3) is 0.188. The Balaban J connectivity index is 2.01. The first-order valence-electron chi connectivity index (χ1n) is 6.40. The van der Waals surface area contributed by atoms with Crippen molar-refractivity contribution < 1.29 is 5.21 Å². The Morgan fingerprint density at radius 2 is 1.95 bits per heavy atom. The van der Waals surface area contributed by atoms with Gasteiger partial charge in [0, 0.05) is 17.1 Å². The molecule has 0 saturated heterocycles. The molecule has 2 aromatic rings. The van der Waals surface area contributed by atoms with Crippen LogP contribution in [0.25, 0.3) is 0 Å². The van der Waals surface area contributed by atoms with Gasteiger partial charge in [-0.05, 0) is 18.1 Å². The van der Waals surface area contributed by atoms with Crippen molar-refractivity contribution >= 4 is 17.6 Å². The first-order chi connectivity index (χ1) is 9.70. The zero-order valence-electron chi connectivity index (χ0n) is 11.4. The molecule has 20 heavy (non-hydrogen) atoms. The van der Waals surface area contributed by atoms with Gasteiger partial charge in [-0.3, -0.25) is 0 Å². The van der Waals surface area contributed by atoms with Gasteiger partial charge in [0.25, 0.3) is 0 Å². The number of rotatable bonds is 5. The molecule has 0 fully saturated rings. The summed E-state index contributed by atoms with van der Waals surface area (Å²) in [7, 11) is 0. The van der Waals surface area contributed by atoms with Gasteiger partial charge in [0.05, 0.1) is 0 Å². The molecule has 0 atom stereocenters. The SMILES string of the molecule is Cc1cccc(CSCc2ccccc2C(N)=NO)c1. The zero-order valence-corrected chi connectivity index (χ0v) is 12.2. The van der Waals surface area contributed by atoms with E-state index in [4.69, 9.17) is 10.9 Å². The van der Waals surface area contributed by atoms with Crippen LogP contribution < -0.4 is 5.73 Å². The Morgan fingerprint density at radius 1 is 1.15 bits per heavy atom. The molecule has 0 aliphatic heterocycles. The quantitative estimate of drug-likeness (QED) is 0.382. The molecule has 104 valence electrons. The lowest BCUT2D eigenvalue weighted by molar-refractivity contribution is 0.318. The molecule has 0 radical (unpaired) electrons. The van der Waals surface area contributed by atoms with Gasteiger partial charge in [-0.25, -0.2) is 0 Å². The molecule has 0 bridgehead atoms. The van der Waals surface area contributed by atoms with Crippen molar-refractivity contribution in [3.05, 3.63) is 70.8 Å². The van der Waals surface area contributed by atoms with Crippen LogP contribution in [0.5, 0.6) is 0 Å². The third-order valence-electron chi connectivity index (χ3n) is 3.01. The maximum atomic E-state index is 8.80. The van der Waals surface area contributed by atoms with Gasteiger partial charge in [-0.2, -0.15) is 11.8 Å². The lowest BCUT2D eigenvalue weighted by Gasteiger charge is -2.08. The second-order valence-corrected chi connectivity index (χ2v) is 5.61. The molecular weight excluding hydrogens is 268 g/mol. The van der Waals surface area contributed by atoms with Crippen LogP contribution in [0.1, 0.15) is 22.3 Å². The van der Waals surface area contributed by atoms with E-state index in [0.717, 1.165) is 22.6 Å². The zero-order chi connectivity index (χ0) is 14.4. The third kappa shape index (κ3) is 3.78. The summed E-state index contributed by atoms with van der Waals surface area (Å²) in [6.45, 7) is 2.10. The maximum absolute atomic E-state index is 8.80. The number of benzene rings is 2. The van der Waals surface area contributed by atoms with Gasteiger partial charge in [0.1, 0.15) is 0 Å². The van der Waals surface area contributed by atoms with Gasteiger partial charge in [-0.15, -0.1) is 0 Å². The predicted octanol–water partition coefficient (Wildman–Crippen LogP) is 3.52. The highest BCUT2D eigenvalue weighted by Gasteiger charge is 2.06. The third-order valence-corrected chi connectivity index (χ3v) is 4.06. The Bertz CT molecular complexity index is 611. The van der Waals surface area contributed by atoms with E-state index < -0.39 is 0 Å². The smallest absolute Gasteiger partial charge is 0.170 e. The summed E-state index contributed by atoms with van der Waals surface area (Å²) in [5.41, 5.74) is 10.2. The summed E-state index contributed by atoms with van der Waals surface area (Å²) < 4.78 is 0. The molecule has 2 aromatic carbocycles. The Kier molecular flexibility index (Phi) is 5.07. The maximum Gasteiger partial charge on any atom is 0.170 e. The van der Waals surface area contributed by atoms with Crippen molar-refractivity contribution in [2.45, 2.75) is 18.4 Å². The van der Waals surface area contributed by atoms with Gasteiger partial charge in [0.2, 0.25) is 0 Å². The highest BCUT2D eigenvalue weighted by Crippen LogP contribution is 2.20. The van der Waals surface area contributed by atoms with E-state index in [1.807, 2.05) is 36.0 Å². The number of thioether (sulfide) groups is 1. The summed E-state index contributed by atoms with van der Waals surface area (Å²) >= 11 is 1.82. The first-order valence-corrected chi connectivity index (χ1v) is 7.55. The van der Waals surface area contributed by atoms with Crippen LogP contribution in [0, 0.1) is 6.92 Å². The van der Waals surface area contributed by atoms with E-state index in [9.17, 15) is 0 Å². The number of hydrogen-bond acceptors (Lipinski definition) is 3. The average Bonchev–Trinajstić information content (AvgIpc) is 2.47. The summed E-state index contributed by atoms with van der Waals surface area (Å²) in [5.74, 6) is 1.95. The van der Waals surface area contributed by atoms with Crippen molar-refractivity contribution in [2.24, 2.45) is 10.9 Å². The van der Waals surface area contributed by atoms with Crippen molar-refractivity contribution in [2.75, 3.05) is 0 Å². The summed E-state index contributed by atoms with van der Waals surface area (Å²) in [5, 5.41) is 11.9. The molecule has 0 amide bonds. The van der Waals surface area contributed by atoms with E-state index in [1.165, 1.54) is 11.1 Å². The largest absolute Gasteiger partial charge is 0.409 e. The molecule has 0 unspecified atom stereocenters. The van der Waals surface area contributed by atoms with E-state index in [1.54, 1.807) is 0 Å². The molecule has 0 heterocycles. The molecule has 3 nitrogen and oxygen atoms in total. The van der Waals surface area contributed by atoms with Crippen molar-refractivity contribution in [1.82, 2.24) is 0 Å². The highest BCUT2D eigenvalue weighted by molar-refractivity contribution is 7.97. The van der Waals surface area contributed by atoms with Crippen LogP contribution >= 0.6 is 11.8 Å². The van der Waals surface area contributed by atoms with Crippen molar-refractivity contribution in [3.63, 3.8) is 0 Å². The minimum atomic E-state index is 0.164. The van der Waals surface area contributed by atoms with E-state index in [-0.39, 0.29) is 5.84 Å². The molecule has 2 rings (SSSR count). The molecule has 0 aliphatic carbocycles. The van der Waals surface area contributed by atoms with Crippen LogP contribution in [-0.4, -0.2) is 11.0 Å². The van der Waals surface area contributed by atoms with Crippen molar-refractivity contribution in [1.29, 1.82) is 0 Å². The van der Waals surface area contributed by atoms with E-state index in [2.05, 4.69) is 36.3 Å². The van der Waals surface area contributed by atoms with E-state index >= 15 is 0 Å². The molecular formula is C16H18N2OS. The fourth-order valence-corrected chi connectivity index (χ4v) is 3.02. The standard InChI is InChI=1S/C16H18N2OS/c1-12-5-4-6-13(9-12)10-20-11-14-7-2-3-8-15(14)16(17)18-19/h2-9,19H,10-11H2,1H3,(H2,17,18). The summed E-state index contributed by atoms with van der Waals surface area (Å²) in [6, 6.07) is 16.3. The van der Waals surface area contributed by atoms with Gasteiger partial charge >= 0.3 is 0 Å². The normalized spacial score (nSPS) is 11.6. The lowest BCUT2D eigenvalue weighted by atomic mass is 10.1. The second-order valence-electron chi connectivity index (χ2n) is 4.62. The number of nitrogens with two attached hydrogens (primary N) is 1. The average molecular weight is 286 g/mol. The van der Waals surface area contributed by atoms with Gasteiger partial charge < -0.3 is 10.9 Å². The molecule has 0 saturated carbocycles. The van der Waals surface area contributed by atoms with Crippen LogP contribution in [-0.2, 0) is 11.5 Å². The molecule has 0 aromatic heterocycles. The Labute approximate surface area is 123 Å². The number of amidine groups is 1. The first kappa shape index (κ1) is 14.5. The van der Waals surface area contributed by atoms with Crippen LogP contribution in [0.15, 0.2) is 53.7 Å². The van der Waals surface area contributed by atoms with Crippen LogP contribution in [0.2, 0.25) is 0 Å². The molecule has 0 aliphatic rings. The number of oxime groups is 1. The predicted molar refractivity (Wildman–Crippen MR) is 85.1 cm³/mol.